The van der Waals surface area contributed by atoms with Gasteiger partial charge in [0.25, 0.3) is 0 Å². The minimum Gasteiger partial charge on any atom is -0.397 e. The summed E-state index contributed by atoms with van der Waals surface area (Å²) in [5.74, 6) is 0. The molecule has 0 unspecified atom stereocenters. The zero-order valence-electron chi connectivity index (χ0n) is 8.84. The molecule has 1 heterocycles. The second kappa shape index (κ2) is 3.81. The van der Waals surface area contributed by atoms with E-state index >= 15 is 0 Å². The first-order chi connectivity index (χ1) is 7.13. The van der Waals surface area contributed by atoms with Crippen LogP contribution in [0.25, 0.3) is 10.9 Å². The molecule has 0 saturated heterocycles. The van der Waals surface area contributed by atoms with E-state index in [0.29, 0.717) is 0 Å². The first-order valence-corrected chi connectivity index (χ1v) is 5.77. The first-order valence-electron chi connectivity index (χ1n) is 4.97. The van der Waals surface area contributed by atoms with Crippen molar-refractivity contribution < 1.29 is 0 Å². The summed E-state index contributed by atoms with van der Waals surface area (Å²) in [5, 5.41) is 1.03. The Bertz CT molecular complexity index is 521. The minimum absolute atomic E-state index is 0.785. The summed E-state index contributed by atoms with van der Waals surface area (Å²) < 4.78 is 0.906. The molecular formula is C12H13BrN2. The van der Waals surface area contributed by atoms with Gasteiger partial charge in [0.2, 0.25) is 0 Å². The standard InChI is InChI=1S/C12H13BrN2/c1-3-8-4-5-10-9(6-8)12(14)11(13)7(2)15-10/h4-6H,3H2,1-2H3,(H2,14,15). The maximum absolute atomic E-state index is 6.06. The molecule has 0 atom stereocenters. The van der Waals surface area contributed by atoms with E-state index in [1.807, 2.05) is 13.0 Å². The number of anilines is 1. The van der Waals surface area contributed by atoms with Crippen LogP contribution in [0.15, 0.2) is 22.7 Å². The number of benzene rings is 1. The third-order valence-electron chi connectivity index (χ3n) is 2.60. The van der Waals surface area contributed by atoms with Crippen molar-refractivity contribution in [2.75, 3.05) is 5.73 Å². The van der Waals surface area contributed by atoms with E-state index in [2.05, 4.69) is 40.0 Å². The number of pyridine rings is 1. The molecule has 2 rings (SSSR count). The van der Waals surface area contributed by atoms with Gasteiger partial charge in [-0.15, -0.1) is 0 Å². The van der Waals surface area contributed by atoms with E-state index < -0.39 is 0 Å². The molecule has 0 bridgehead atoms. The Morgan fingerprint density at radius 3 is 2.80 bits per heavy atom. The van der Waals surface area contributed by atoms with Crippen LogP contribution in [0.3, 0.4) is 0 Å². The highest BCUT2D eigenvalue weighted by Gasteiger charge is 2.07. The molecule has 0 aliphatic carbocycles. The molecule has 0 aliphatic rings. The summed E-state index contributed by atoms with van der Waals surface area (Å²) >= 11 is 3.46. The molecule has 78 valence electrons. The number of hydrogen-bond donors (Lipinski definition) is 1. The van der Waals surface area contributed by atoms with Gasteiger partial charge in [-0.2, -0.15) is 0 Å². The second-order valence-electron chi connectivity index (χ2n) is 3.63. The SMILES string of the molecule is CCc1ccc2nc(C)c(Br)c(N)c2c1. The topological polar surface area (TPSA) is 38.9 Å². The quantitative estimate of drug-likeness (QED) is 0.857. The highest BCUT2D eigenvalue weighted by atomic mass is 79.9. The normalized spacial score (nSPS) is 10.9. The second-order valence-corrected chi connectivity index (χ2v) is 4.42. The number of aromatic nitrogens is 1. The van der Waals surface area contributed by atoms with Crippen LogP contribution >= 0.6 is 15.9 Å². The summed E-state index contributed by atoms with van der Waals surface area (Å²) in [7, 11) is 0. The lowest BCUT2D eigenvalue weighted by atomic mass is 10.1. The molecule has 2 N–H and O–H groups in total. The van der Waals surface area contributed by atoms with Crippen LogP contribution in [0, 0.1) is 6.92 Å². The maximum Gasteiger partial charge on any atom is 0.0726 e. The Labute approximate surface area is 97.6 Å². The van der Waals surface area contributed by atoms with E-state index in [4.69, 9.17) is 5.73 Å². The molecule has 0 radical (unpaired) electrons. The predicted molar refractivity (Wildman–Crippen MR) is 68.0 cm³/mol. The van der Waals surface area contributed by atoms with Crippen LogP contribution in [-0.2, 0) is 6.42 Å². The van der Waals surface area contributed by atoms with Gasteiger partial charge >= 0.3 is 0 Å². The van der Waals surface area contributed by atoms with Crippen molar-refractivity contribution in [3.05, 3.63) is 33.9 Å². The van der Waals surface area contributed by atoms with Crippen LogP contribution in [-0.4, -0.2) is 4.98 Å². The minimum atomic E-state index is 0.785. The predicted octanol–water partition coefficient (Wildman–Crippen LogP) is 3.45. The van der Waals surface area contributed by atoms with Crippen LogP contribution in [0.1, 0.15) is 18.2 Å². The number of hydrogen-bond acceptors (Lipinski definition) is 2. The zero-order chi connectivity index (χ0) is 11.0. The molecule has 0 aliphatic heterocycles. The van der Waals surface area contributed by atoms with Gasteiger partial charge in [0.1, 0.15) is 0 Å². The molecule has 0 amide bonds. The Hall–Kier alpha value is -1.09. The fraction of sp³-hybridized carbons (Fsp3) is 0.250. The Morgan fingerprint density at radius 2 is 2.13 bits per heavy atom. The van der Waals surface area contributed by atoms with Gasteiger partial charge in [-0.05, 0) is 47.0 Å². The number of halogens is 1. The summed E-state index contributed by atoms with van der Waals surface area (Å²) in [5.41, 5.74) is 10.0. The number of rotatable bonds is 1. The van der Waals surface area contributed by atoms with E-state index in [-0.39, 0.29) is 0 Å². The molecule has 3 heteroatoms. The number of fused-ring (bicyclic) bond motifs is 1. The number of nitrogens with zero attached hydrogens (tertiary/aromatic N) is 1. The lowest BCUT2D eigenvalue weighted by Gasteiger charge is -2.08. The Balaban J connectivity index is 2.81. The molecule has 0 spiro atoms. The first kappa shape index (κ1) is 10.4. The molecule has 2 aromatic rings. The number of nitrogen functional groups attached to an aromatic ring is 1. The van der Waals surface area contributed by atoms with Crippen molar-refractivity contribution >= 4 is 32.5 Å². The third-order valence-corrected chi connectivity index (χ3v) is 3.60. The Morgan fingerprint density at radius 1 is 1.40 bits per heavy atom. The fourth-order valence-electron chi connectivity index (χ4n) is 1.66. The summed E-state index contributed by atoms with van der Waals surface area (Å²) in [6, 6.07) is 6.24. The molecule has 0 fully saturated rings. The number of aryl methyl sites for hydroxylation is 2. The van der Waals surface area contributed by atoms with E-state index in [1.165, 1.54) is 5.56 Å². The largest absolute Gasteiger partial charge is 0.397 e. The van der Waals surface area contributed by atoms with E-state index in [1.54, 1.807) is 0 Å². The van der Waals surface area contributed by atoms with Gasteiger partial charge in [0, 0.05) is 5.39 Å². The molecule has 2 nitrogen and oxygen atoms in total. The van der Waals surface area contributed by atoms with Gasteiger partial charge in [-0.1, -0.05) is 13.0 Å². The van der Waals surface area contributed by atoms with Gasteiger partial charge in [0.05, 0.1) is 21.4 Å². The fourth-order valence-corrected chi connectivity index (χ4v) is 1.96. The van der Waals surface area contributed by atoms with Gasteiger partial charge in [-0.3, -0.25) is 4.98 Å². The zero-order valence-corrected chi connectivity index (χ0v) is 10.4. The van der Waals surface area contributed by atoms with Crippen LogP contribution in [0.4, 0.5) is 5.69 Å². The third kappa shape index (κ3) is 1.72. The highest BCUT2D eigenvalue weighted by Crippen LogP contribution is 2.30. The highest BCUT2D eigenvalue weighted by molar-refractivity contribution is 9.10. The van der Waals surface area contributed by atoms with Crippen LogP contribution < -0.4 is 5.73 Å². The van der Waals surface area contributed by atoms with Crippen LogP contribution in [0.5, 0.6) is 0 Å². The summed E-state index contributed by atoms with van der Waals surface area (Å²) in [4.78, 5) is 4.48. The molecule has 1 aromatic heterocycles. The summed E-state index contributed by atoms with van der Waals surface area (Å²) in [6.45, 7) is 4.08. The van der Waals surface area contributed by atoms with E-state index in [0.717, 1.165) is 33.2 Å². The molecule has 15 heavy (non-hydrogen) atoms. The monoisotopic (exact) mass is 264 g/mol. The average Bonchev–Trinajstić information content (AvgIpc) is 2.26. The van der Waals surface area contributed by atoms with Crippen LogP contribution in [0.2, 0.25) is 0 Å². The molecule has 1 aromatic carbocycles. The maximum atomic E-state index is 6.06. The van der Waals surface area contributed by atoms with E-state index in [9.17, 15) is 0 Å². The Kier molecular flexibility index (Phi) is 2.65. The lowest BCUT2D eigenvalue weighted by Crippen LogP contribution is -1.95. The molecule has 0 saturated carbocycles. The summed E-state index contributed by atoms with van der Waals surface area (Å²) in [6.07, 6.45) is 1.01. The van der Waals surface area contributed by atoms with Gasteiger partial charge in [-0.25, -0.2) is 0 Å². The van der Waals surface area contributed by atoms with Crippen molar-refractivity contribution in [2.24, 2.45) is 0 Å². The van der Waals surface area contributed by atoms with Crippen molar-refractivity contribution in [3.8, 4) is 0 Å². The average molecular weight is 265 g/mol. The van der Waals surface area contributed by atoms with Crippen molar-refractivity contribution in [1.29, 1.82) is 0 Å². The van der Waals surface area contributed by atoms with Crippen molar-refractivity contribution in [2.45, 2.75) is 20.3 Å². The van der Waals surface area contributed by atoms with Gasteiger partial charge < -0.3 is 5.73 Å². The van der Waals surface area contributed by atoms with Gasteiger partial charge in [0.15, 0.2) is 0 Å². The number of nitrogens with two attached hydrogens (primary N) is 1. The molecular weight excluding hydrogens is 252 g/mol. The van der Waals surface area contributed by atoms with Crippen molar-refractivity contribution in [1.82, 2.24) is 4.98 Å². The van der Waals surface area contributed by atoms with Crippen molar-refractivity contribution in [3.63, 3.8) is 0 Å². The lowest BCUT2D eigenvalue weighted by molar-refractivity contribution is 1.14. The smallest absolute Gasteiger partial charge is 0.0726 e.